The Bertz CT molecular complexity index is 1010. The van der Waals surface area contributed by atoms with Crippen LogP contribution in [0.15, 0.2) is 41.0 Å². The molecule has 0 unspecified atom stereocenters. The molecule has 0 saturated carbocycles. The van der Waals surface area contributed by atoms with Gasteiger partial charge in [0.2, 0.25) is 11.8 Å². The number of fused-ring (bicyclic) bond motifs is 2. The van der Waals surface area contributed by atoms with E-state index in [1.807, 2.05) is 0 Å². The molecule has 9 nitrogen and oxygen atoms in total. The summed E-state index contributed by atoms with van der Waals surface area (Å²) in [6, 6.07) is 7.24. The average Bonchev–Trinajstić information content (AvgIpc) is 3.35. The van der Waals surface area contributed by atoms with Gasteiger partial charge in [0.05, 0.1) is 35.3 Å². The van der Waals surface area contributed by atoms with Crippen molar-refractivity contribution in [2.75, 3.05) is 23.4 Å². The van der Waals surface area contributed by atoms with E-state index < -0.39 is 24.0 Å². The third-order valence-corrected chi connectivity index (χ3v) is 5.95. The Morgan fingerprint density at radius 1 is 1.27 bits per heavy atom. The van der Waals surface area contributed by atoms with Gasteiger partial charge in [-0.3, -0.25) is 14.4 Å². The number of anilines is 1. The van der Waals surface area contributed by atoms with Crippen LogP contribution in [0.2, 0.25) is 0 Å². The van der Waals surface area contributed by atoms with E-state index in [4.69, 9.17) is 4.42 Å². The van der Waals surface area contributed by atoms with Crippen molar-refractivity contribution in [1.29, 1.82) is 0 Å². The van der Waals surface area contributed by atoms with Gasteiger partial charge >= 0.3 is 0 Å². The van der Waals surface area contributed by atoms with Gasteiger partial charge in [-0.05, 0) is 36.8 Å². The normalized spacial score (nSPS) is 20.2. The number of carbonyl (C=O) groups is 4. The van der Waals surface area contributed by atoms with Crippen molar-refractivity contribution in [3.05, 3.63) is 42.2 Å². The number of carbonyl (C=O) groups excluding carboxylic acids is 4. The Morgan fingerprint density at radius 2 is 2.10 bits per heavy atom. The lowest BCUT2D eigenvalue weighted by molar-refractivity contribution is -0.301. The summed E-state index contributed by atoms with van der Waals surface area (Å²) in [5, 5.41) is 16.0. The summed E-state index contributed by atoms with van der Waals surface area (Å²) >= 11 is 0.914. The number of aliphatic carboxylic acids is 1. The maximum absolute atomic E-state index is 13.2. The van der Waals surface area contributed by atoms with Crippen LogP contribution in [0.3, 0.4) is 0 Å². The van der Waals surface area contributed by atoms with Gasteiger partial charge in [0.25, 0.3) is 5.91 Å². The van der Waals surface area contributed by atoms with E-state index in [1.165, 1.54) is 4.90 Å². The van der Waals surface area contributed by atoms with Crippen LogP contribution in [-0.2, 0) is 14.4 Å². The monoisotopic (exact) mass is 428 g/mol. The largest absolute Gasteiger partial charge is 0.549 e. The highest BCUT2D eigenvalue weighted by atomic mass is 32.2. The first-order valence-electron chi connectivity index (χ1n) is 9.31. The summed E-state index contributed by atoms with van der Waals surface area (Å²) in [5.41, 5.74) is 1.48. The molecule has 1 aromatic carbocycles. The second-order valence-electron chi connectivity index (χ2n) is 7.00. The van der Waals surface area contributed by atoms with E-state index in [1.54, 1.807) is 36.6 Å². The quantitative estimate of drug-likeness (QED) is 0.666. The van der Waals surface area contributed by atoms with Gasteiger partial charge in [-0.2, -0.15) is 0 Å². The maximum Gasteiger partial charge on any atom is 0.256 e. The molecule has 2 aliphatic heterocycles. The summed E-state index contributed by atoms with van der Waals surface area (Å²) in [7, 11) is 0. The van der Waals surface area contributed by atoms with Crippen LogP contribution in [0.25, 0.3) is 11.3 Å². The molecule has 156 valence electrons. The number of rotatable bonds is 6. The van der Waals surface area contributed by atoms with Crippen LogP contribution in [0.1, 0.15) is 16.8 Å². The lowest BCUT2D eigenvalue weighted by atomic mass is 10.1. The van der Waals surface area contributed by atoms with Gasteiger partial charge in [-0.1, -0.05) is 0 Å². The molecule has 3 amide bonds. The highest BCUT2D eigenvalue weighted by Crippen LogP contribution is 2.32. The number of nitrogens with one attached hydrogen (secondary N) is 2. The number of hydrogen-bond acceptors (Lipinski definition) is 7. The average molecular weight is 428 g/mol. The molecule has 1 saturated heterocycles. The van der Waals surface area contributed by atoms with E-state index in [0.717, 1.165) is 11.8 Å². The second-order valence-corrected chi connectivity index (χ2v) is 7.98. The first-order valence-corrected chi connectivity index (χ1v) is 10.5. The van der Waals surface area contributed by atoms with Crippen molar-refractivity contribution in [3.63, 3.8) is 0 Å². The first-order chi connectivity index (χ1) is 14.4. The molecule has 1 fully saturated rings. The molecule has 2 aliphatic rings. The lowest BCUT2D eigenvalue weighted by Crippen LogP contribution is -2.52. The zero-order chi connectivity index (χ0) is 21.3. The van der Waals surface area contributed by atoms with Gasteiger partial charge in [0, 0.05) is 17.9 Å². The summed E-state index contributed by atoms with van der Waals surface area (Å²) in [5.74, 6) is -2.07. The van der Waals surface area contributed by atoms with Gasteiger partial charge < -0.3 is 29.9 Å². The molecule has 2 aromatic rings. The van der Waals surface area contributed by atoms with E-state index in [2.05, 4.69) is 10.6 Å². The fourth-order valence-electron chi connectivity index (χ4n) is 3.76. The predicted molar refractivity (Wildman–Crippen MR) is 106 cm³/mol. The van der Waals surface area contributed by atoms with Crippen molar-refractivity contribution in [2.24, 2.45) is 0 Å². The summed E-state index contributed by atoms with van der Waals surface area (Å²) in [4.78, 5) is 50.1. The third-order valence-electron chi connectivity index (χ3n) is 5.04. The summed E-state index contributed by atoms with van der Waals surface area (Å²) < 4.78 is 5.39. The summed E-state index contributed by atoms with van der Waals surface area (Å²) in [6.07, 6.45) is 1.97. The Kier molecular flexibility index (Phi) is 5.49. The molecular formula is C20H18N3O6S-. The van der Waals surface area contributed by atoms with E-state index >= 15 is 0 Å². The van der Waals surface area contributed by atoms with Gasteiger partial charge in [-0.15, -0.1) is 11.8 Å². The maximum atomic E-state index is 13.2. The molecule has 4 rings (SSSR count). The Morgan fingerprint density at radius 3 is 2.83 bits per heavy atom. The number of amides is 3. The van der Waals surface area contributed by atoms with Crippen LogP contribution in [0, 0.1) is 0 Å². The Labute approximate surface area is 175 Å². The minimum absolute atomic E-state index is 0.0699. The van der Waals surface area contributed by atoms with Crippen molar-refractivity contribution in [3.8, 4) is 11.3 Å². The number of thioether (sulfide) groups is 1. The molecule has 0 aliphatic carbocycles. The van der Waals surface area contributed by atoms with Gasteiger partial charge in [0.1, 0.15) is 11.8 Å². The van der Waals surface area contributed by atoms with Gasteiger partial charge in [0.15, 0.2) is 0 Å². The van der Waals surface area contributed by atoms with E-state index in [-0.39, 0.29) is 23.3 Å². The molecule has 0 radical (unpaired) electrons. The molecule has 2 atom stereocenters. The smallest absolute Gasteiger partial charge is 0.256 e. The Balaban J connectivity index is 1.52. The SMILES string of the molecule is O=C([O-])CSCC(=O)N[C@H]1CCN2C(=O)c3cc(-c4ccco4)ccc3NC(=O)[C@H]12. The molecule has 30 heavy (non-hydrogen) atoms. The minimum atomic E-state index is -1.25. The molecule has 0 bridgehead atoms. The summed E-state index contributed by atoms with van der Waals surface area (Å²) in [6.45, 7) is 0.318. The molecule has 3 heterocycles. The fourth-order valence-corrected chi connectivity index (χ4v) is 4.30. The number of carboxylic acid groups (broad SMARTS) is 1. The van der Waals surface area contributed by atoms with Crippen molar-refractivity contribution >= 4 is 41.1 Å². The highest BCUT2D eigenvalue weighted by molar-refractivity contribution is 8.00. The molecule has 2 N–H and O–H groups in total. The third kappa shape index (κ3) is 3.90. The van der Waals surface area contributed by atoms with Crippen LogP contribution in [0.4, 0.5) is 5.69 Å². The molecular weight excluding hydrogens is 410 g/mol. The second kappa shape index (κ2) is 8.23. The van der Waals surface area contributed by atoms with Gasteiger partial charge in [-0.25, -0.2) is 0 Å². The highest BCUT2D eigenvalue weighted by Gasteiger charge is 2.45. The van der Waals surface area contributed by atoms with E-state index in [9.17, 15) is 24.3 Å². The van der Waals surface area contributed by atoms with Crippen LogP contribution in [-0.4, -0.2) is 58.7 Å². The number of hydrogen-bond donors (Lipinski definition) is 2. The number of nitrogens with zero attached hydrogens (tertiary/aromatic N) is 1. The minimum Gasteiger partial charge on any atom is -0.549 e. The van der Waals surface area contributed by atoms with Crippen LogP contribution in [0.5, 0.6) is 0 Å². The molecule has 10 heteroatoms. The number of benzene rings is 1. The number of furan rings is 1. The number of carboxylic acids is 1. The van der Waals surface area contributed by atoms with Crippen molar-refractivity contribution < 1.29 is 28.7 Å². The first kappa shape index (κ1) is 20.0. The molecule has 1 aromatic heterocycles. The lowest BCUT2D eigenvalue weighted by Gasteiger charge is -2.25. The zero-order valence-corrected chi connectivity index (χ0v) is 16.6. The fraction of sp³-hybridized carbons (Fsp3) is 0.300. The topological polar surface area (TPSA) is 132 Å². The van der Waals surface area contributed by atoms with Crippen molar-refractivity contribution in [2.45, 2.75) is 18.5 Å². The van der Waals surface area contributed by atoms with Crippen LogP contribution < -0.4 is 15.7 Å². The predicted octanol–water partition coefficient (Wildman–Crippen LogP) is 0.0811. The van der Waals surface area contributed by atoms with E-state index in [0.29, 0.717) is 35.5 Å². The van der Waals surface area contributed by atoms with Crippen LogP contribution >= 0.6 is 11.8 Å². The zero-order valence-electron chi connectivity index (χ0n) is 15.8. The molecule has 0 spiro atoms. The Hall–Kier alpha value is -3.27. The van der Waals surface area contributed by atoms with Crippen molar-refractivity contribution in [1.82, 2.24) is 10.2 Å². The standard InChI is InChI=1S/C20H19N3O6S/c24-16(9-30-10-17(25)26)21-14-5-6-23-18(14)19(27)22-13-4-3-11(8-12(13)20(23)28)15-2-1-7-29-15/h1-4,7-8,14,18H,5-6,9-10H2,(H,21,24)(H,22,27)(H,25,26)/p-1/t14-,18-/m0/s1.